The van der Waals surface area contributed by atoms with Crippen molar-refractivity contribution in [3.63, 3.8) is 0 Å². The molecular weight excluding hydrogens is 326 g/mol. The first-order chi connectivity index (χ1) is 12.0. The zero-order chi connectivity index (χ0) is 18.0. The Morgan fingerprint density at radius 1 is 1.20 bits per heavy atom. The molecule has 1 aliphatic heterocycles. The lowest BCUT2D eigenvalue weighted by Gasteiger charge is -2.12. The molecule has 2 aromatic rings. The summed E-state index contributed by atoms with van der Waals surface area (Å²) in [5.74, 6) is -1.74. The minimum absolute atomic E-state index is 0.107. The highest BCUT2D eigenvalue weighted by molar-refractivity contribution is 6.02. The van der Waals surface area contributed by atoms with E-state index in [1.54, 1.807) is 12.2 Å². The predicted molar refractivity (Wildman–Crippen MR) is 90.7 cm³/mol. The van der Waals surface area contributed by atoms with E-state index >= 15 is 0 Å². The van der Waals surface area contributed by atoms with Gasteiger partial charge in [0.1, 0.15) is 23.0 Å². The molecule has 0 saturated carbocycles. The summed E-state index contributed by atoms with van der Waals surface area (Å²) in [6, 6.07) is 3.56. The van der Waals surface area contributed by atoms with Crippen LogP contribution in [0.5, 0.6) is 0 Å². The Balaban J connectivity index is 2.18. The van der Waals surface area contributed by atoms with Crippen molar-refractivity contribution >= 4 is 11.7 Å². The second-order valence-electron chi connectivity index (χ2n) is 5.37. The molecule has 2 heterocycles. The lowest BCUT2D eigenvalue weighted by molar-refractivity contribution is 0.0966. The third-order valence-electron chi connectivity index (χ3n) is 3.73. The molecule has 0 atom stereocenters. The number of halogens is 2. The molecule has 0 saturated heterocycles. The predicted octanol–water partition coefficient (Wildman–Crippen LogP) is 3.56. The van der Waals surface area contributed by atoms with Crippen LogP contribution in [0.25, 0.3) is 11.4 Å². The van der Waals surface area contributed by atoms with Crippen molar-refractivity contribution in [1.82, 2.24) is 15.3 Å². The van der Waals surface area contributed by atoms with E-state index in [9.17, 15) is 13.6 Å². The van der Waals surface area contributed by atoms with Gasteiger partial charge in [-0.05, 0) is 32.1 Å². The van der Waals surface area contributed by atoms with Crippen LogP contribution in [0.15, 0.2) is 42.1 Å². The summed E-state index contributed by atoms with van der Waals surface area (Å²) in [5, 5.41) is 5.68. The molecule has 1 aliphatic rings. The molecule has 0 bridgehead atoms. The van der Waals surface area contributed by atoms with Crippen molar-refractivity contribution in [2.45, 2.75) is 20.4 Å². The molecule has 1 amide bonds. The molecule has 7 heteroatoms. The molecule has 128 valence electrons. The largest absolute Gasteiger partial charge is 0.346 e. The fraction of sp³-hybridized carbons (Fsp3) is 0.167. The maximum Gasteiger partial charge on any atom is 0.257 e. The molecule has 0 fully saturated rings. The average molecular weight is 342 g/mol. The molecule has 25 heavy (non-hydrogen) atoms. The minimum atomic E-state index is -0.761. The van der Waals surface area contributed by atoms with Gasteiger partial charge >= 0.3 is 0 Å². The first kappa shape index (κ1) is 16.8. The Bertz CT molecular complexity index is 886. The summed E-state index contributed by atoms with van der Waals surface area (Å²) in [5.41, 5.74) is 1.06. The van der Waals surface area contributed by atoms with Gasteiger partial charge in [0.25, 0.3) is 5.91 Å². The Morgan fingerprint density at radius 3 is 2.56 bits per heavy atom. The number of carbonyl (C=O) groups excluding carboxylic acids is 1. The van der Waals surface area contributed by atoms with E-state index in [0.717, 1.165) is 12.1 Å². The molecule has 0 unspecified atom stereocenters. The van der Waals surface area contributed by atoms with E-state index in [2.05, 4.69) is 20.6 Å². The number of rotatable bonds is 4. The van der Waals surface area contributed by atoms with Crippen LogP contribution in [-0.4, -0.2) is 15.9 Å². The molecule has 0 radical (unpaired) electrons. The molecule has 3 rings (SSSR count). The van der Waals surface area contributed by atoms with Crippen molar-refractivity contribution < 1.29 is 13.6 Å². The molecule has 0 aliphatic carbocycles. The van der Waals surface area contributed by atoms with Crippen LogP contribution in [0.1, 0.15) is 29.9 Å². The summed E-state index contributed by atoms with van der Waals surface area (Å²) in [6.07, 6.45) is 5.41. The Morgan fingerprint density at radius 2 is 1.92 bits per heavy atom. The van der Waals surface area contributed by atoms with Crippen LogP contribution in [0.3, 0.4) is 0 Å². The smallest absolute Gasteiger partial charge is 0.257 e. The SMILES string of the molecule is C/C=C\C(=C/C)Nc1nc(-c2c(F)cccc2F)nc2c1C(=O)NC2. The molecular formula is C18H16F2N4O. The summed E-state index contributed by atoms with van der Waals surface area (Å²) >= 11 is 0. The number of nitrogens with zero attached hydrogens (tertiary/aromatic N) is 2. The summed E-state index contributed by atoms with van der Waals surface area (Å²) in [6.45, 7) is 3.85. The van der Waals surface area contributed by atoms with Gasteiger partial charge in [0.2, 0.25) is 0 Å². The summed E-state index contributed by atoms with van der Waals surface area (Å²) < 4.78 is 28.2. The average Bonchev–Trinajstić information content (AvgIpc) is 2.95. The number of hydrogen-bond acceptors (Lipinski definition) is 4. The van der Waals surface area contributed by atoms with E-state index in [0.29, 0.717) is 11.4 Å². The van der Waals surface area contributed by atoms with Gasteiger partial charge in [-0.1, -0.05) is 18.2 Å². The third kappa shape index (κ3) is 3.13. The van der Waals surface area contributed by atoms with Crippen LogP contribution in [0, 0.1) is 11.6 Å². The van der Waals surface area contributed by atoms with Gasteiger partial charge in [-0.25, -0.2) is 18.7 Å². The van der Waals surface area contributed by atoms with Gasteiger partial charge in [-0.15, -0.1) is 0 Å². The lowest BCUT2D eigenvalue weighted by Crippen LogP contribution is -2.15. The van der Waals surface area contributed by atoms with Gasteiger partial charge in [-0.3, -0.25) is 4.79 Å². The monoisotopic (exact) mass is 342 g/mol. The zero-order valence-corrected chi connectivity index (χ0v) is 13.7. The standard InChI is InChI=1S/C18H16F2N4O/c1-3-6-10(4-2)22-17-15-13(9-21-18(15)25)23-16(24-17)14-11(19)7-5-8-12(14)20/h3-8H,9H2,1-2H3,(H,21,25)(H,22,23,24)/b6-3-,10-4+. The van der Waals surface area contributed by atoms with Crippen molar-refractivity contribution in [1.29, 1.82) is 0 Å². The van der Waals surface area contributed by atoms with Crippen molar-refractivity contribution in [3.8, 4) is 11.4 Å². The second kappa shape index (κ2) is 6.80. The number of fused-ring (bicyclic) bond motifs is 1. The first-order valence-corrected chi connectivity index (χ1v) is 7.74. The summed E-state index contributed by atoms with van der Waals surface area (Å²) in [7, 11) is 0. The lowest BCUT2D eigenvalue weighted by atomic mass is 10.1. The highest BCUT2D eigenvalue weighted by atomic mass is 19.1. The Kier molecular flexibility index (Phi) is 4.56. The first-order valence-electron chi connectivity index (χ1n) is 7.74. The van der Waals surface area contributed by atoms with Gasteiger partial charge < -0.3 is 10.6 Å². The number of anilines is 1. The van der Waals surface area contributed by atoms with E-state index in [1.807, 2.05) is 19.9 Å². The second-order valence-corrected chi connectivity index (χ2v) is 5.37. The van der Waals surface area contributed by atoms with E-state index in [-0.39, 0.29) is 35.2 Å². The van der Waals surface area contributed by atoms with Crippen LogP contribution < -0.4 is 10.6 Å². The maximum absolute atomic E-state index is 14.1. The summed E-state index contributed by atoms with van der Waals surface area (Å²) in [4.78, 5) is 20.5. The number of allylic oxidation sites excluding steroid dienone is 3. The van der Waals surface area contributed by atoms with Gasteiger partial charge in [0.05, 0.1) is 17.8 Å². The Hall–Kier alpha value is -3.09. The van der Waals surface area contributed by atoms with Crippen LogP contribution >= 0.6 is 0 Å². The quantitative estimate of drug-likeness (QED) is 0.834. The molecule has 1 aromatic heterocycles. The van der Waals surface area contributed by atoms with E-state index in [1.165, 1.54) is 6.07 Å². The fourth-order valence-corrected chi connectivity index (χ4v) is 2.57. The number of benzene rings is 1. The number of carbonyl (C=O) groups is 1. The van der Waals surface area contributed by atoms with Crippen molar-refractivity contribution in [2.75, 3.05) is 5.32 Å². The normalized spacial score (nSPS) is 13.9. The van der Waals surface area contributed by atoms with Crippen LogP contribution in [0.2, 0.25) is 0 Å². The number of amides is 1. The topological polar surface area (TPSA) is 66.9 Å². The molecule has 2 N–H and O–H groups in total. The maximum atomic E-state index is 14.1. The Labute approximate surface area is 143 Å². The number of nitrogens with one attached hydrogen (secondary N) is 2. The third-order valence-corrected chi connectivity index (χ3v) is 3.73. The van der Waals surface area contributed by atoms with E-state index in [4.69, 9.17) is 0 Å². The van der Waals surface area contributed by atoms with Crippen molar-refractivity contribution in [3.05, 3.63) is 65.0 Å². The molecule has 5 nitrogen and oxygen atoms in total. The van der Waals surface area contributed by atoms with E-state index < -0.39 is 11.6 Å². The number of hydrogen-bond donors (Lipinski definition) is 2. The minimum Gasteiger partial charge on any atom is -0.346 e. The molecule has 0 spiro atoms. The van der Waals surface area contributed by atoms with Crippen LogP contribution in [-0.2, 0) is 6.54 Å². The number of aromatic nitrogens is 2. The highest BCUT2D eigenvalue weighted by Crippen LogP contribution is 2.29. The van der Waals surface area contributed by atoms with Crippen molar-refractivity contribution in [2.24, 2.45) is 0 Å². The zero-order valence-electron chi connectivity index (χ0n) is 13.7. The highest BCUT2D eigenvalue weighted by Gasteiger charge is 2.28. The molecule has 1 aromatic carbocycles. The fourth-order valence-electron chi connectivity index (χ4n) is 2.57. The van der Waals surface area contributed by atoms with Crippen LogP contribution in [0.4, 0.5) is 14.6 Å². The van der Waals surface area contributed by atoms with Gasteiger partial charge in [-0.2, -0.15) is 0 Å². The van der Waals surface area contributed by atoms with Gasteiger partial charge in [0, 0.05) is 5.70 Å². The van der Waals surface area contributed by atoms with Gasteiger partial charge in [0.15, 0.2) is 5.82 Å².